The second kappa shape index (κ2) is 5.08. The van der Waals surface area contributed by atoms with Crippen LogP contribution >= 0.6 is 11.8 Å². The predicted molar refractivity (Wildman–Crippen MR) is 75.8 cm³/mol. The summed E-state index contributed by atoms with van der Waals surface area (Å²) in [6.07, 6.45) is 4.46. The highest BCUT2D eigenvalue weighted by molar-refractivity contribution is 8.00. The molecule has 1 aromatic rings. The fourth-order valence-electron chi connectivity index (χ4n) is 3.49. The SMILES string of the molecule is NCC1(Sc2ccccc2F)CC2(CCOCC2)C1. The molecule has 104 valence electrons. The van der Waals surface area contributed by atoms with Crippen molar-refractivity contribution in [2.24, 2.45) is 11.1 Å². The van der Waals surface area contributed by atoms with E-state index >= 15 is 0 Å². The standard InChI is InChI=1S/C15H20FNOS/c16-12-3-1-2-4-13(12)19-15(11-17)9-14(10-15)5-7-18-8-6-14/h1-4H,5-11,17H2. The fraction of sp³-hybridized carbons (Fsp3) is 0.600. The first kappa shape index (κ1) is 13.4. The number of nitrogens with two attached hydrogens (primary N) is 1. The van der Waals surface area contributed by atoms with Gasteiger partial charge in [0, 0.05) is 29.4 Å². The Kier molecular flexibility index (Phi) is 3.58. The molecule has 0 amide bonds. The number of ether oxygens (including phenoxy) is 1. The summed E-state index contributed by atoms with van der Waals surface area (Å²) in [5, 5.41) is 0. The number of rotatable bonds is 3. The molecular weight excluding hydrogens is 261 g/mol. The van der Waals surface area contributed by atoms with Crippen molar-refractivity contribution < 1.29 is 9.13 Å². The molecule has 0 bridgehead atoms. The van der Waals surface area contributed by atoms with E-state index < -0.39 is 0 Å². The third-order valence-corrected chi connectivity index (χ3v) is 5.92. The lowest BCUT2D eigenvalue weighted by Gasteiger charge is -2.57. The molecule has 1 saturated heterocycles. The zero-order valence-electron chi connectivity index (χ0n) is 11.0. The van der Waals surface area contributed by atoms with Crippen molar-refractivity contribution in [3.63, 3.8) is 0 Å². The molecular formula is C15H20FNOS. The highest BCUT2D eigenvalue weighted by atomic mass is 32.2. The monoisotopic (exact) mass is 281 g/mol. The Balaban J connectivity index is 1.71. The van der Waals surface area contributed by atoms with Crippen LogP contribution in [-0.2, 0) is 4.74 Å². The van der Waals surface area contributed by atoms with Gasteiger partial charge in [0.25, 0.3) is 0 Å². The van der Waals surface area contributed by atoms with Gasteiger partial charge in [-0.3, -0.25) is 0 Å². The highest BCUT2D eigenvalue weighted by Gasteiger charge is 2.54. The van der Waals surface area contributed by atoms with Crippen LogP contribution in [-0.4, -0.2) is 24.5 Å². The summed E-state index contributed by atoms with van der Waals surface area (Å²) in [5.74, 6) is -0.131. The van der Waals surface area contributed by atoms with Crippen molar-refractivity contribution in [1.82, 2.24) is 0 Å². The minimum Gasteiger partial charge on any atom is -0.381 e. The van der Waals surface area contributed by atoms with E-state index in [0.29, 0.717) is 12.0 Å². The molecule has 1 aliphatic heterocycles. The van der Waals surface area contributed by atoms with Crippen molar-refractivity contribution in [3.8, 4) is 0 Å². The number of halogens is 1. The molecule has 0 radical (unpaired) electrons. The molecule has 4 heteroatoms. The topological polar surface area (TPSA) is 35.2 Å². The predicted octanol–water partition coefficient (Wildman–Crippen LogP) is 3.21. The number of hydrogen-bond donors (Lipinski definition) is 1. The minimum atomic E-state index is -0.131. The van der Waals surface area contributed by atoms with E-state index in [0.717, 1.165) is 43.8 Å². The van der Waals surface area contributed by atoms with Crippen LogP contribution in [0.3, 0.4) is 0 Å². The first-order chi connectivity index (χ1) is 9.17. The lowest BCUT2D eigenvalue weighted by molar-refractivity contribution is -0.0451. The summed E-state index contributed by atoms with van der Waals surface area (Å²) in [5.41, 5.74) is 6.39. The number of thioether (sulfide) groups is 1. The highest BCUT2D eigenvalue weighted by Crippen LogP contribution is 2.61. The maximum atomic E-state index is 13.8. The van der Waals surface area contributed by atoms with Crippen LogP contribution in [0.1, 0.15) is 25.7 Å². The fourth-order valence-corrected chi connectivity index (χ4v) is 5.11. The van der Waals surface area contributed by atoms with Crippen molar-refractivity contribution in [3.05, 3.63) is 30.1 Å². The van der Waals surface area contributed by atoms with E-state index in [9.17, 15) is 4.39 Å². The maximum absolute atomic E-state index is 13.8. The first-order valence-electron chi connectivity index (χ1n) is 6.89. The molecule has 19 heavy (non-hydrogen) atoms. The molecule has 1 aliphatic carbocycles. The van der Waals surface area contributed by atoms with Gasteiger partial charge in [-0.2, -0.15) is 0 Å². The average Bonchev–Trinajstić information content (AvgIpc) is 2.40. The van der Waals surface area contributed by atoms with Gasteiger partial charge in [-0.05, 0) is 43.2 Å². The van der Waals surface area contributed by atoms with Gasteiger partial charge in [-0.25, -0.2) is 4.39 Å². The van der Waals surface area contributed by atoms with Gasteiger partial charge in [0.2, 0.25) is 0 Å². The van der Waals surface area contributed by atoms with Crippen LogP contribution in [0, 0.1) is 11.2 Å². The van der Waals surface area contributed by atoms with E-state index in [1.165, 1.54) is 6.07 Å². The summed E-state index contributed by atoms with van der Waals surface area (Å²) in [7, 11) is 0. The molecule has 1 aromatic carbocycles. The van der Waals surface area contributed by atoms with Crippen LogP contribution < -0.4 is 5.73 Å². The Morgan fingerprint density at radius 1 is 1.21 bits per heavy atom. The molecule has 0 unspecified atom stereocenters. The van der Waals surface area contributed by atoms with Crippen LogP contribution in [0.2, 0.25) is 0 Å². The van der Waals surface area contributed by atoms with Gasteiger partial charge in [0.1, 0.15) is 5.82 Å². The molecule has 2 N–H and O–H groups in total. The molecule has 2 fully saturated rings. The number of hydrogen-bond acceptors (Lipinski definition) is 3. The first-order valence-corrected chi connectivity index (χ1v) is 7.70. The summed E-state index contributed by atoms with van der Waals surface area (Å²) in [6, 6.07) is 7.00. The van der Waals surface area contributed by atoms with Gasteiger partial charge < -0.3 is 10.5 Å². The quantitative estimate of drug-likeness (QED) is 0.924. The average molecular weight is 281 g/mol. The van der Waals surface area contributed by atoms with Crippen LogP contribution in [0.4, 0.5) is 4.39 Å². The zero-order valence-corrected chi connectivity index (χ0v) is 11.8. The molecule has 3 rings (SSSR count). The molecule has 1 saturated carbocycles. The summed E-state index contributed by atoms with van der Waals surface area (Å²) >= 11 is 1.63. The van der Waals surface area contributed by atoms with E-state index in [4.69, 9.17) is 10.5 Å². The Morgan fingerprint density at radius 2 is 1.89 bits per heavy atom. The van der Waals surface area contributed by atoms with Gasteiger partial charge in [-0.1, -0.05) is 12.1 Å². The van der Waals surface area contributed by atoms with E-state index in [-0.39, 0.29) is 10.6 Å². The third-order valence-electron chi connectivity index (χ3n) is 4.48. The van der Waals surface area contributed by atoms with Crippen molar-refractivity contribution in [2.45, 2.75) is 35.3 Å². The molecule has 0 aromatic heterocycles. The summed E-state index contributed by atoms with van der Waals surface area (Å²) in [6.45, 7) is 2.35. The smallest absolute Gasteiger partial charge is 0.136 e. The van der Waals surface area contributed by atoms with Crippen molar-refractivity contribution in [2.75, 3.05) is 19.8 Å². The number of benzene rings is 1. The van der Waals surface area contributed by atoms with Gasteiger partial charge in [-0.15, -0.1) is 11.8 Å². The van der Waals surface area contributed by atoms with Gasteiger partial charge >= 0.3 is 0 Å². The summed E-state index contributed by atoms with van der Waals surface area (Å²) < 4.78 is 19.2. The molecule has 1 spiro atoms. The minimum absolute atomic E-state index is 0.0273. The van der Waals surface area contributed by atoms with Crippen molar-refractivity contribution >= 4 is 11.8 Å². The largest absolute Gasteiger partial charge is 0.381 e. The lowest BCUT2D eigenvalue weighted by atomic mass is 9.57. The maximum Gasteiger partial charge on any atom is 0.136 e. The Bertz CT molecular complexity index is 451. The van der Waals surface area contributed by atoms with E-state index in [1.54, 1.807) is 17.8 Å². The van der Waals surface area contributed by atoms with Gasteiger partial charge in [0.05, 0.1) is 0 Å². The zero-order chi connectivity index (χ0) is 13.3. The Hall–Kier alpha value is -0.580. The van der Waals surface area contributed by atoms with Crippen molar-refractivity contribution in [1.29, 1.82) is 0 Å². The van der Waals surface area contributed by atoms with E-state index in [2.05, 4.69) is 0 Å². The van der Waals surface area contributed by atoms with Crippen LogP contribution in [0.15, 0.2) is 29.2 Å². The second-order valence-electron chi connectivity index (χ2n) is 5.89. The van der Waals surface area contributed by atoms with Crippen LogP contribution in [0.25, 0.3) is 0 Å². The third kappa shape index (κ3) is 2.54. The Labute approximate surface area is 117 Å². The molecule has 1 heterocycles. The van der Waals surface area contributed by atoms with Crippen LogP contribution in [0.5, 0.6) is 0 Å². The molecule has 0 atom stereocenters. The van der Waals surface area contributed by atoms with E-state index in [1.807, 2.05) is 12.1 Å². The molecule has 2 nitrogen and oxygen atoms in total. The molecule has 2 aliphatic rings. The second-order valence-corrected chi connectivity index (χ2v) is 7.40. The normalized spacial score (nSPS) is 24.1. The lowest BCUT2D eigenvalue weighted by Crippen LogP contribution is -2.55. The van der Waals surface area contributed by atoms with Gasteiger partial charge in [0.15, 0.2) is 0 Å². The summed E-state index contributed by atoms with van der Waals surface area (Å²) in [4.78, 5) is 0.731. The Morgan fingerprint density at radius 3 is 2.53 bits per heavy atom.